The van der Waals surface area contributed by atoms with Gasteiger partial charge in [0, 0.05) is 17.3 Å². The second-order valence-corrected chi connectivity index (χ2v) is 8.09. The molecule has 25 heavy (non-hydrogen) atoms. The van der Waals surface area contributed by atoms with Gasteiger partial charge in [0.1, 0.15) is 11.3 Å². The van der Waals surface area contributed by atoms with E-state index in [0.29, 0.717) is 11.8 Å². The Labute approximate surface area is 153 Å². The van der Waals surface area contributed by atoms with E-state index in [4.69, 9.17) is 4.42 Å². The van der Waals surface area contributed by atoms with Crippen LogP contribution in [-0.4, -0.2) is 19.7 Å². The smallest absolute Gasteiger partial charge is 0.205 e. The monoisotopic (exact) mass is 368 g/mol. The number of thiophene rings is 1. The van der Waals surface area contributed by atoms with Gasteiger partial charge in [-0.05, 0) is 36.4 Å². The van der Waals surface area contributed by atoms with Crippen molar-refractivity contribution in [3.8, 4) is 0 Å². The number of rotatable bonds is 6. The minimum absolute atomic E-state index is 0.552. The van der Waals surface area contributed by atoms with Crippen molar-refractivity contribution in [2.45, 2.75) is 36.2 Å². The topological polar surface area (TPSA) is 56.7 Å². The highest BCUT2D eigenvalue weighted by molar-refractivity contribution is 7.98. The average molecular weight is 368 g/mol. The maximum atomic E-state index is 5.81. The van der Waals surface area contributed by atoms with Crippen molar-refractivity contribution in [2.24, 2.45) is 0 Å². The second kappa shape index (κ2) is 6.31. The molecule has 0 aliphatic heterocycles. The summed E-state index contributed by atoms with van der Waals surface area (Å²) in [4.78, 5) is 5.87. The Bertz CT molecular complexity index is 968. The molecule has 3 heterocycles. The third-order valence-electron chi connectivity index (χ3n) is 4.22. The molecular formula is C18H16N4OS2. The van der Waals surface area contributed by atoms with Crippen LogP contribution in [0, 0.1) is 0 Å². The molecule has 1 aromatic carbocycles. The van der Waals surface area contributed by atoms with E-state index >= 15 is 0 Å². The first-order valence-electron chi connectivity index (χ1n) is 8.30. The molecule has 7 heteroatoms. The van der Waals surface area contributed by atoms with Gasteiger partial charge in [-0.15, -0.1) is 21.5 Å². The number of fused-ring (bicyclic) bond motifs is 1. The van der Waals surface area contributed by atoms with Crippen molar-refractivity contribution in [3.05, 3.63) is 58.4 Å². The van der Waals surface area contributed by atoms with Crippen molar-refractivity contribution < 1.29 is 4.42 Å². The molecule has 1 saturated carbocycles. The Morgan fingerprint density at radius 1 is 1.16 bits per heavy atom. The van der Waals surface area contributed by atoms with Gasteiger partial charge >= 0.3 is 0 Å². The largest absolute Gasteiger partial charge is 0.440 e. The minimum Gasteiger partial charge on any atom is -0.440 e. The van der Waals surface area contributed by atoms with E-state index in [1.807, 2.05) is 24.3 Å². The van der Waals surface area contributed by atoms with Crippen LogP contribution in [0.2, 0.25) is 0 Å². The van der Waals surface area contributed by atoms with Crippen LogP contribution >= 0.6 is 23.1 Å². The normalized spacial score (nSPS) is 14.4. The first-order valence-corrected chi connectivity index (χ1v) is 10.2. The molecule has 0 atom stereocenters. The molecule has 0 spiro atoms. The van der Waals surface area contributed by atoms with Crippen molar-refractivity contribution >= 4 is 34.2 Å². The Balaban J connectivity index is 1.37. The molecule has 4 aromatic rings. The summed E-state index contributed by atoms with van der Waals surface area (Å²) in [6, 6.07) is 12.6. The first kappa shape index (κ1) is 15.2. The average Bonchev–Trinajstić information content (AvgIpc) is 3.04. The summed E-state index contributed by atoms with van der Waals surface area (Å²) in [5.41, 5.74) is 1.74. The predicted octanol–water partition coefficient (Wildman–Crippen LogP) is 4.70. The van der Waals surface area contributed by atoms with Crippen LogP contribution in [0.1, 0.15) is 35.5 Å². The van der Waals surface area contributed by atoms with Crippen LogP contribution in [0.25, 0.3) is 11.1 Å². The molecule has 126 valence electrons. The van der Waals surface area contributed by atoms with Gasteiger partial charge in [-0.2, -0.15) is 0 Å². The minimum atomic E-state index is 0.552. The van der Waals surface area contributed by atoms with Gasteiger partial charge < -0.3 is 8.98 Å². The Morgan fingerprint density at radius 3 is 2.88 bits per heavy atom. The number of para-hydroxylation sites is 2. The number of benzene rings is 1. The van der Waals surface area contributed by atoms with Crippen molar-refractivity contribution in [1.29, 1.82) is 0 Å². The fourth-order valence-corrected chi connectivity index (χ4v) is 4.47. The number of nitrogens with zero attached hydrogens (tertiary/aromatic N) is 4. The lowest BCUT2D eigenvalue weighted by molar-refractivity contribution is 0.555. The molecule has 0 N–H and O–H groups in total. The molecule has 1 aliphatic carbocycles. The Kier molecular flexibility index (Phi) is 3.83. The van der Waals surface area contributed by atoms with Crippen molar-refractivity contribution in [1.82, 2.24) is 19.7 Å². The number of hydrogen-bond acceptors (Lipinski definition) is 6. The van der Waals surface area contributed by atoms with Gasteiger partial charge in [-0.3, -0.25) is 0 Å². The van der Waals surface area contributed by atoms with Crippen LogP contribution < -0.4 is 0 Å². The molecule has 0 unspecified atom stereocenters. The molecule has 0 amide bonds. The quantitative estimate of drug-likeness (QED) is 0.462. The second-order valence-electron chi connectivity index (χ2n) is 6.12. The zero-order valence-electron chi connectivity index (χ0n) is 13.5. The molecule has 0 radical (unpaired) electrons. The van der Waals surface area contributed by atoms with Crippen molar-refractivity contribution in [2.75, 3.05) is 0 Å². The van der Waals surface area contributed by atoms with E-state index in [-0.39, 0.29) is 0 Å². The van der Waals surface area contributed by atoms with Crippen LogP contribution in [0.3, 0.4) is 0 Å². The maximum Gasteiger partial charge on any atom is 0.205 e. The SMILES string of the molecule is c1csc(Cc2nnc(SCc3nc4ccccc4o3)n2C2CC2)c1. The third kappa shape index (κ3) is 3.09. The maximum absolute atomic E-state index is 5.81. The number of aromatic nitrogens is 4. The summed E-state index contributed by atoms with van der Waals surface area (Å²) in [5, 5.41) is 12.0. The van der Waals surface area contributed by atoms with Gasteiger partial charge in [0.05, 0.1) is 5.75 Å². The van der Waals surface area contributed by atoms with E-state index in [1.54, 1.807) is 23.1 Å². The van der Waals surface area contributed by atoms with Gasteiger partial charge in [0.25, 0.3) is 0 Å². The first-order chi connectivity index (χ1) is 12.4. The summed E-state index contributed by atoms with van der Waals surface area (Å²) in [6.45, 7) is 0. The molecule has 5 nitrogen and oxygen atoms in total. The fourth-order valence-electron chi connectivity index (χ4n) is 2.90. The number of hydrogen-bond donors (Lipinski definition) is 0. The molecule has 1 aliphatic rings. The lowest BCUT2D eigenvalue weighted by Crippen LogP contribution is -2.03. The molecular weight excluding hydrogens is 352 g/mol. The fraction of sp³-hybridized carbons (Fsp3) is 0.278. The highest BCUT2D eigenvalue weighted by Crippen LogP contribution is 2.39. The Morgan fingerprint density at radius 2 is 2.08 bits per heavy atom. The van der Waals surface area contributed by atoms with Crippen LogP contribution in [0.15, 0.2) is 51.4 Å². The van der Waals surface area contributed by atoms with Crippen LogP contribution in [-0.2, 0) is 12.2 Å². The lowest BCUT2D eigenvalue weighted by Gasteiger charge is -2.07. The standard InChI is InChI=1S/C18H16N4OS2/c1-2-6-15-14(5-1)19-17(23-15)11-25-18-21-20-16(22(18)12-7-8-12)10-13-4-3-9-24-13/h1-6,9,12H,7-8,10-11H2. The highest BCUT2D eigenvalue weighted by atomic mass is 32.2. The van der Waals surface area contributed by atoms with Gasteiger partial charge in [0.15, 0.2) is 10.7 Å². The molecule has 0 saturated heterocycles. The third-order valence-corrected chi connectivity index (χ3v) is 6.03. The lowest BCUT2D eigenvalue weighted by atomic mass is 10.3. The molecule has 1 fully saturated rings. The molecule has 3 aromatic heterocycles. The molecule has 5 rings (SSSR count). The van der Waals surface area contributed by atoms with Gasteiger partial charge in [0.2, 0.25) is 5.89 Å². The summed E-state index contributed by atoms with van der Waals surface area (Å²) >= 11 is 3.42. The van der Waals surface area contributed by atoms with E-state index in [9.17, 15) is 0 Å². The van der Waals surface area contributed by atoms with Crippen LogP contribution in [0.5, 0.6) is 0 Å². The van der Waals surface area contributed by atoms with E-state index in [2.05, 4.69) is 37.3 Å². The van der Waals surface area contributed by atoms with Gasteiger partial charge in [-0.25, -0.2) is 4.98 Å². The molecule has 0 bridgehead atoms. The summed E-state index contributed by atoms with van der Waals surface area (Å²) < 4.78 is 8.12. The van der Waals surface area contributed by atoms with E-state index in [0.717, 1.165) is 34.4 Å². The zero-order chi connectivity index (χ0) is 16.6. The summed E-state index contributed by atoms with van der Waals surface area (Å²) in [5.74, 6) is 2.46. The van der Waals surface area contributed by atoms with Gasteiger partial charge in [-0.1, -0.05) is 30.0 Å². The van der Waals surface area contributed by atoms with E-state index < -0.39 is 0 Å². The number of thioether (sulfide) groups is 1. The Hall–Kier alpha value is -2.12. The van der Waals surface area contributed by atoms with Crippen LogP contribution in [0.4, 0.5) is 0 Å². The highest BCUT2D eigenvalue weighted by Gasteiger charge is 2.29. The predicted molar refractivity (Wildman–Crippen MR) is 99.0 cm³/mol. The summed E-state index contributed by atoms with van der Waals surface area (Å²) in [7, 11) is 0. The summed E-state index contributed by atoms with van der Waals surface area (Å²) in [6.07, 6.45) is 3.28. The number of oxazole rings is 1. The van der Waals surface area contributed by atoms with E-state index in [1.165, 1.54) is 17.7 Å². The zero-order valence-corrected chi connectivity index (χ0v) is 15.1. The van der Waals surface area contributed by atoms with Crippen molar-refractivity contribution in [3.63, 3.8) is 0 Å².